The highest BCUT2D eigenvalue weighted by Crippen LogP contribution is 2.48. The molecule has 0 fully saturated rings. The lowest BCUT2D eigenvalue weighted by Gasteiger charge is -2.43. The van der Waals surface area contributed by atoms with Gasteiger partial charge in [-0.05, 0) is 40.3 Å². The number of hydrogen-bond donors (Lipinski definition) is 0. The molecular weight excluding hydrogens is 416 g/mol. The van der Waals surface area contributed by atoms with Gasteiger partial charge in [-0.15, -0.1) is 0 Å². The van der Waals surface area contributed by atoms with Gasteiger partial charge in [-0.2, -0.15) is 0 Å². The first kappa shape index (κ1) is 21.1. The van der Waals surface area contributed by atoms with E-state index in [1.807, 2.05) is 50.2 Å². The molecule has 0 bridgehead atoms. The fourth-order valence-electron chi connectivity index (χ4n) is 5.15. The van der Waals surface area contributed by atoms with Crippen LogP contribution in [0.2, 0.25) is 0 Å². The number of non-ortho nitro benzene ring substituents is 1. The molecule has 1 unspecified atom stereocenters. The molecule has 0 aromatic heterocycles. The molecule has 2 aliphatic rings. The summed E-state index contributed by atoms with van der Waals surface area (Å²) in [5.74, 6) is -0.333. The summed E-state index contributed by atoms with van der Waals surface area (Å²) in [5, 5.41) is 13.3. The average molecular weight is 440 g/mol. The Balaban J connectivity index is 1.65. The van der Waals surface area contributed by atoms with Gasteiger partial charge in [0.1, 0.15) is 0 Å². The zero-order chi connectivity index (χ0) is 23.3. The lowest BCUT2D eigenvalue weighted by atomic mass is 9.69. The van der Waals surface area contributed by atoms with Crippen molar-refractivity contribution in [3.63, 3.8) is 0 Å². The molecule has 33 heavy (non-hydrogen) atoms. The topological polar surface area (TPSA) is 80.5 Å². The van der Waals surface area contributed by atoms with Crippen LogP contribution in [0.25, 0.3) is 10.8 Å². The lowest BCUT2D eigenvalue weighted by molar-refractivity contribution is -0.384. The number of carbonyl (C=O) groups excluding carboxylic acids is 2. The minimum Gasteiger partial charge on any atom is -0.294 e. The molecule has 1 atom stereocenters. The van der Waals surface area contributed by atoms with Crippen LogP contribution in [0.4, 0.5) is 11.4 Å². The van der Waals surface area contributed by atoms with Crippen molar-refractivity contribution in [2.24, 2.45) is 5.41 Å². The fourth-order valence-corrected chi connectivity index (χ4v) is 5.15. The minimum absolute atomic E-state index is 0.0356. The molecule has 3 aromatic rings. The molecule has 0 N–H and O–H groups in total. The first-order valence-corrected chi connectivity index (χ1v) is 11.1. The Labute approximate surface area is 191 Å². The third-order valence-corrected chi connectivity index (χ3v) is 6.64. The Kier molecular flexibility index (Phi) is 4.89. The number of carbonyl (C=O) groups is 2. The second kappa shape index (κ2) is 7.66. The molecule has 1 amide bonds. The summed E-state index contributed by atoms with van der Waals surface area (Å²) < 4.78 is 0. The van der Waals surface area contributed by atoms with Crippen LogP contribution < -0.4 is 4.90 Å². The number of allylic oxidation sites excluding steroid dienone is 2. The Morgan fingerprint density at radius 1 is 0.939 bits per heavy atom. The molecule has 3 aromatic carbocycles. The first-order valence-electron chi connectivity index (χ1n) is 11.1. The number of rotatable bonds is 3. The summed E-state index contributed by atoms with van der Waals surface area (Å²) in [6.07, 6.45) is 1.19. The zero-order valence-corrected chi connectivity index (χ0v) is 18.6. The van der Waals surface area contributed by atoms with E-state index in [1.54, 1.807) is 17.0 Å². The average Bonchev–Trinajstić information content (AvgIpc) is 2.77. The molecule has 0 saturated heterocycles. The quantitative estimate of drug-likeness (QED) is 0.374. The third-order valence-electron chi connectivity index (χ3n) is 6.64. The maximum atomic E-state index is 13.5. The summed E-state index contributed by atoms with van der Waals surface area (Å²) in [4.78, 5) is 39.1. The smallest absolute Gasteiger partial charge is 0.269 e. The van der Waals surface area contributed by atoms with Gasteiger partial charge in [0.2, 0.25) is 5.91 Å². The first-order chi connectivity index (χ1) is 15.7. The number of amides is 1. The van der Waals surface area contributed by atoms with E-state index in [2.05, 4.69) is 6.07 Å². The van der Waals surface area contributed by atoms with Crippen LogP contribution in [-0.4, -0.2) is 16.6 Å². The third kappa shape index (κ3) is 3.71. The van der Waals surface area contributed by atoms with Crippen molar-refractivity contribution in [1.82, 2.24) is 0 Å². The second-order valence-corrected chi connectivity index (χ2v) is 9.67. The molecule has 1 aliphatic heterocycles. The Morgan fingerprint density at radius 3 is 2.33 bits per heavy atom. The van der Waals surface area contributed by atoms with Crippen LogP contribution in [0.5, 0.6) is 0 Å². The van der Waals surface area contributed by atoms with E-state index in [4.69, 9.17) is 0 Å². The highest BCUT2D eigenvalue weighted by molar-refractivity contribution is 6.08. The van der Waals surface area contributed by atoms with Gasteiger partial charge in [0.05, 0.1) is 4.92 Å². The van der Waals surface area contributed by atoms with Gasteiger partial charge in [-0.3, -0.25) is 24.6 Å². The van der Waals surface area contributed by atoms with Crippen LogP contribution in [-0.2, 0) is 9.59 Å². The molecule has 0 radical (unpaired) electrons. The lowest BCUT2D eigenvalue weighted by Crippen LogP contribution is -2.43. The van der Waals surface area contributed by atoms with Crippen LogP contribution in [0.1, 0.15) is 44.6 Å². The molecule has 5 rings (SSSR count). The molecule has 6 nitrogen and oxygen atoms in total. The van der Waals surface area contributed by atoms with E-state index in [1.165, 1.54) is 12.1 Å². The molecular formula is C27H24N2O4. The number of ketones is 1. The van der Waals surface area contributed by atoms with Gasteiger partial charge in [0.15, 0.2) is 5.78 Å². The molecule has 1 heterocycles. The molecule has 0 saturated carbocycles. The SMILES string of the molecule is CC1(C)CC(=O)C2=C(C1)N(c1ccc([N+](=O)[O-])cc1)C(=O)CC2c1ccc2ccccc2c1. The van der Waals surface area contributed by atoms with Gasteiger partial charge in [-0.25, -0.2) is 0 Å². The molecule has 1 aliphatic carbocycles. The maximum Gasteiger partial charge on any atom is 0.269 e. The number of nitrogens with zero attached hydrogens (tertiary/aromatic N) is 2. The van der Waals surface area contributed by atoms with Gasteiger partial charge >= 0.3 is 0 Å². The van der Waals surface area contributed by atoms with Crippen LogP contribution in [0.15, 0.2) is 78.0 Å². The highest BCUT2D eigenvalue weighted by atomic mass is 16.6. The maximum absolute atomic E-state index is 13.5. The second-order valence-electron chi connectivity index (χ2n) is 9.67. The standard InChI is InChI=1S/C27H24N2O4/c1-27(2)15-23-26(24(30)16-27)22(19-8-7-17-5-3-4-6-18(17)13-19)14-25(31)28(23)20-9-11-21(12-10-20)29(32)33/h3-13,22H,14-16H2,1-2H3. The van der Waals surface area contributed by atoms with E-state index < -0.39 is 4.92 Å². The van der Waals surface area contributed by atoms with Gasteiger partial charge < -0.3 is 0 Å². The van der Waals surface area contributed by atoms with Crippen molar-refractivity contribution >= 4 is 33.8 Å². The fraction of sp³-hybridized carbons (Fsp3) is 0.259. The Bertz CT molecular complexity index is 1340. The van der Waals surface area contributed by atoms with Crippen molar-refractivity contribution in [2.75, 3.05) is 4.90 Å². The van der Waals surface area contributed by atoms with Crippen LogP contribution in [0.3, 0.4) is 0 Å². The summed E-state index contributed by atoms with van der Waals surface area (Å²) in [6, 6.07) is 20.1. The number of hydrogen-bond acceptors (Lipinski definition) is 4. The number of nitro groups is 1. The molecule has 166 valence electrons. The zero-order valence-electron chi connectivity index (χ0n) is 18.6. The van der Waals surface area contributed by atoms with Crippen molar-refractivity contribution in [1.29, 1.82) is 0 Å². The van der Waals surface area contributed by atoms with E-state index >= 15 is 0 Å². The van der Waals surface area contributed by atoms with E-state index in [0.717, 1.165) is 22.0 Å². The molecule has 6 heteroatoms. The van der Waals surface area contributed by atoms with E-state index in [-0.39, 0.29) is 35.1 Å². The normalized spacial score (nSPS) is 20.2. The highest BCUT2D eigenvalue weighted by Gasteiger charge is 2.44. The minimum atomic E-state index is -0.463. The number of nitro benzene ring substituents is 1. The number of anilines is 1. The largest absolute Gasteiger partial charge is 0.294 e. The predicted octanol–water partition coefficient (Wildman–Crippen LogP) is 5.91. The Hall–Kier alpha value is -3.80. The number of benzene rings is 3. The van der Waals surface area contributed by atoms with E-state index in [0.29, 0.717) is 24.1 Å². The van der Waals surface area contributed by atoms with E-state index in [9.17, 15) is 19.7 Å². The van der Waals surface area contributed by atoms with Gasteiger partial charge in [-0.1, -0.05) is 56.3 Å². The van der Waals surface area contributed by atoms with Crippen molar-refractivity contribution < 1.29 is 14.5 Å². The summed E-state index contributed by atoms with van der Waals surface area (Å²) in [5.41, 5.74) is 2.63. The molecule has 0 spiro atoms. The monoisotopic (exact) mass is 440 g/mol. The summed E-state index contributed by atoms with van der Waals surface area (Å²) in [6.45, 7) is 4.07. The summed E-state index contributed by atoms with van der Waals surface area (Å²) in [7, 11) is 0. The van der Waals surface area contributed by atoms with Crippen LogP contribution >= 0.6 is 0 Å². The van der Waals surface area contributed by atoms with Gasteiger partial charge in [0.25, 0.3) is 5.69 Å². The Morgan fingerprint density at radius 2 is 1.64 bits per heavy atom. The van der Waals surface area contributed by atoms with Crippen molar-refractivity contribution in [3.05, 3.63) is 93.7 Å². The number of Topliss-reactive ketones (excluding diaryl/α,β-unsaturated/α-hetero) is 1. The van der Waals surface area contributed by atoms with Crippen molar-refractivity contribution in [2.45, 2.75) is 39.0 Å². The summed E-state index contributed by atoms with van der Waals surface area (Å²) >= 11 is 0. The van der Waals surface area contributed by atoms with Crippen LogP contribution in [0, 0.1) is 15.5 Å². The van der Waals surface area contributed by atoms with Gasteiger partial charge in [0, 0.05) is 47.8 Å². The number of fused-ring (bicyclic) bond motifs is 1. The van der Waals surface area contributed by atoms with Crippen molar-refractivity contribution in [3.8, 4) is 0 Å². The predicted molar refractivity (Wildman–Crippen MR) is 127 cm³/mol.